The minimum atomic E-state index is -0.337. The molecule has 0 heterocycles. The van der Waals surface area contributed by atoms with Gasteiger partial charge in [-0.15, -0.1) is 11.6 Å². The first-order valence-electron chi connectivity index (χ1n) is 5.33. The number of nitrogens with zero attached hydrogens (tertiary/aromatic N) is 1. The molecule has 0 spiro atoms. The summed E-state index contributed by atoms with van der Waals surface area (Å²) in [5, 5.41) is 18.8. The van der Waals surface area contributed by atoms with Gasteiger partial charge in [-0.05, 0) is 31.5 Å². The average Bonchev–Trinajstić information content (AvgIpc) is 2.28. The third-order valence-corrected chi connectivity index (χ3v) is 2.64. The summed E-state index contributed by atoms with van der Waals surface area (Å²) in [6, 6.07) is 3.87. The van der Waals surface area contributed by atoms with Crippen molar-refractivity contribution >= 4 is 17.5 Å². The Morgan fingerprint density at radius 2 is 2.12 bits per heavy atom. The summed E-state index contributed by atoms with van der Waals surface area (Å²) in [4.78, 5) is 13.4. The van der Waals surface area contributed by atoms with E-state index in [1.54, 1.807) is 7.05 Å². The predicted molar refractivity (Wildman–Crippen MR) is 66.7 cm³/mol. The molecule has 4 nitrogen and oxygen atoms in total. The molecule has 0 saturated heterocycles. The lowest BCUT2D eigenvalue weighted by Crippen LogP contribution is -2.28. The number of rotatable bonds is 4. The Balaban J connectivity index is 2.78. The molecule has 0 aliphatic heterocycles. The number of phenols is 2. The Morgan fingerprint density at radius 1 is 1.47 bits per heavy atom. The molecule has 1 unspecified atom stereocenters. The summed E-state index contributed by atoms with van der Waals surface area (Å²) in [6.45, 7) is 2.35. The molecule has 2 N–H and O–H groups in total. The number of hydrogen-bond donors (Lipinski definition) is 2. The van der Waals surface area contributed by atoms with Gasteiger partial charge >= 0.3 is 0 Å². The first-order chi connectivity index (χ1) is 7.91. The van der Waals surface area contributed by atoms with Crippen LogP contribution in [-0.4, -0.2) is 40.0 Å². The third kappa shape index (κ3) is 3.82. The van der Waals surface area contributed by atoms with Gasteiger partial charge in [0.1, 0.15) is 11.5 Å². The van der Waals surface area contributed by atoms with Crippen LogP contribution in [0.4, 0.5) is 0 Å². The number of carbonyl (C=O) groups excluding carboxylic acids is 1. The van der Waals surface area contributed by atoms with Crippen molar-refractivity contribution in [2.24, 2.45) is 0 Å². The summed E-state index contributed by atoms with van der Waals surface area (Å²) in [5.74, 6) is -0.528. The van der Waals surface area contributed by atoms with E-state index in [2.05, 4.69) is 0 Å². The number of alkyl halides is 1. The maximum absolute atomic E-state index is 11.9. The molecular formula is C12H16ClNO3. The van der Waals surface area contributed by atoms with E-state index in [-0.39, 0.29) is 28.3 Å². The van der Waals surface area contributed by atoms with E-state index in [1.807, 2.05) is 6.92 Å². The lowest BCUT2D eigenvalue weighted by Gasteiger charge is -2.18. The smallest absolute Gasteiger partial charge is 0.257 e. The molecule has 1 aromatic carbocycles. The van der Waals surface area contributed by atoms with Crippen LogP contribution >= 0.6 is 11.6 Å². The lowest BCUT2D eigenvalue weighted by atomic mass is 10.1. The second-order valence-corrected chi connectivity index (χ2v) is 4.74. The van der Waals surface area contributed by atoms with Crippen LogP contribution in [-0.2, 0) is 0 Å². The summed E-state index contributed by atoms with van der Waals surface area (Å²) in [7, 11) is 1.63. The Labute approximate surface area is 105 Å². The molecule has 5 heteroatoms. The SMILES string of the molecule is CC(Cl)CCN(C)C(=O)c1cc(O)ccc1O. The van der Waals surface area contributed by atoms with Gasteiger partial charge in [0.2, 0.25) is 0 Å². The lowest BCUT2D eigenvalue weighted by molar-refractivity contribution is 0.0790. The van der Waals surface area contributed by atoms with Gasteiger partial charge in [0.15, 0.2) is 0 Å². The Morgan fingerprint density at radius 3 is 2.71 bits per heavy atom. The molecule has 0 bridgehead atoms. The van der Waals surface area contributed by atoms with Gasteiger partial charge in [-0.2, -0.15) is 0 Å². The Bertz CT molecular complexity index is 407. The van der Waals surface area contributed by atoms with E-state index in [0.717, 1.165) is 0 Å². The van der Waals surface area contributed by atoms with Crippen LogP contribution in [0.15, 0.2) is 18.2 Å². The second-order valence-electron chi connectivity index (χ2n) is 4.00. The normalized spacial score (nSPS) is 12.2. The molecule has 0 fully saturated rings. The highest BCUT2D eigenvalue weighted by molar-refractivity contribution is 6.20. The van der Waals surface area contributed by atoms with Crippen LogP contribution in [0, 0.1) is 0 Å². The number of amides is 1. The van der Waals surface area contributed by atoms with Crippen molar-refractivity contribution in [2.45, 2.75) is 18.7 Å². The van der Waals surface area contributed by atoms with Crippen LogP contribution < -0.4 is 0 Å². The first-order valence-corrected chi connectivity index (χ1v) is 5.77. The Kier molecular flexibility index (Phi) is 4.63. The first kappa shape index (κ1) is 13.6. The van der Waals surface area contributed by atoms with E-state index in [1.165, 1.54) is 23.1 Å². The van der Waals surface area contributed by atoms with Crippen molar-refractivity contribution in [3.05, 3.63) is 23.8 Å². The van der Waals surface area contributed by atoms with Crippen LogP contribution in [0.25, 0.3) is 0 Å². The van der Waals surface area contributed by atoms with Gasteiger partial charge in [0.05, 0.1) is 5.56 Å². The largest absolute Gasteiger partial charge is 0.508 e. The van der Waals surface area contributed by atoms with Crippen LogP contribution in [0.1, 0.15) is 23.7 Å². The topological polar surface area (TPSA) is 60.8 Å². The molecular weight excluding hydrogens is 242 g/mol. The molecule has 0 saturated carbocycles. The molecule has 0 aromatic heterocycles. The molecule has 0 radical (unpaired) electrons. The number of carbonyl (C=O) groups is 1. The quantitative estimate of drug-likeness (QED) is 0.642. The molecule has 17 heavy (non-hydrogen) atoms. The fourth-order valence-corrected chi connectivity index (χ4v) is 1.47. The van der Waals surface area contributed by atoms with Crippen LogP contribution in [0.3, 0.4) is 0 Å². The van der Waals surface area contributed by atoms with E-state index < -0.39 is 0 Å². The zero-order valence-electron chi connectivity index (χ0n) is 9.85. The van der Waals surface area contributed by atoms with Crippen LogP contribution in [0.5, 0.6) is 11.5 Å². The van der Waals surface area contributed by atoms with Crippen molar-refractivity contribution in [1.29, 1.82) is 0 Å². The van der Waals surface area contributed by atoms with Crippen molar-refractivity contribution in [3.8, 4) is 11.5 Å². The van der Waals surface area contributed by atoms with Gasteiger partial charge in [-0.25, -0.2) is 0 Å². The third-order valence-electron chi connectivity index (χ3n) is 2.42. The van der Waals surface area contributed by atoms with Crippen LogP contribution in [0.2, 0.25) is 0 Å². The van der Waals surface area contributed by atoms with Crippen molar-refractivity contribution in [2.75, 3.05) is 13.6 Å². The fraction of sp³-hybridized carbons (Fsp3) is 0.417. The predicted octanol–water partition coefficient (Wildman–Crippen LogP) is 2.19. The van der Waals surface area contributed by atoms with Gasteiger partial charge in [0.25, 0.3) is 5.91 Å². The summed E-state index contributed by atoms with van der Waals surface area (Å²) in [6.07, 6.45) is 0.670. The maximum atomic E-state index is 11.9. The number of benzene rings is 1. The number of phenolic OH excluding ortho intramolecular Hbond substituents is 2. The molecule has 1 aromatic rings. The highest BCUT2D eigenvalue weighted by Gasteiger charge is 2.16. The standard InChI is InChI=1S/C12H16ClNO3/c1-8(13)5-6-14(2)12(17)10-7-9(15)3-4-11(10)16/h3-4,7-8,15-16H,5-6H2,1-2H3. The van der Waals surface area contributed by atoms with Gasteiger partial charge in [-0.1, -0.05) is 0 Å². The molecule has 94 valence electrons. The van der Waals surface area contributed by atoms with E-state index in [4.69, 9.17) is 11.6 Å². The zero-order chi connectivity index (χ0) is 13.0. The van der Waals surface area contributed by atoms with E-state index in [0.29, 0.717) is 13.0 Å². The second kappa shape index (κ2) is 5.77. The monoisotopic (exact) mass is 257 g/mol. The van der Waals surface area contributed by atoms with Gasteiger partial charge in [0, 0.05) is 19.0 Å². The van der Waals surface area contributed by atoms with Crippen molar-refractivity contribution in [3.63, 3.8) is 0 Å². The van der Waals surface area contributed by atoms with Gasteiger partial charge < -0.3 is 15.1 Å². The molecule has 0 aliphatic carbocycles. The van der Waals surface area contributed by atoms with Gasteiger partial charge in [-0.3, -0.25) is 4.79 Å². The molecule has 1 rings (SSSR count). The van der Waals surface area contributed by atoms with E-state index >= 15 is 0 Å². The van der Waals surface area contributed by atoms with Crippen molar-refractivity contribution in [1.82, 2.24) is 4.90 Å². The maximum Gasteiger partial charge on any atom is 0.257 e. The summed E-state index contributed by atoms with van der Waals surface area (Å²) >= 11 is 5.80. The molecule has 0 aliphatic rings. The fourth-order valence-electron chi connectivity index (χ4n) is 1.37. The zero-order valence-corrected chi connectivity index (χ0v) is 10.6. The number of hydrogen-bond acceptors (Lipinski definition) is 3. The molecule has 1 atom stereocenters. The average molecular weight is 258 g/mol. The summed E-state index contributed by atoms with van der Waals surface area (Å²) < 4.78 is 0. The number of halogens is 1. The van der Waals surface area contributed by atoms with Crippen molar-refractivity contribution < 1.29 is 15.0 Å². The highest BCUT2D eigenvalue weighted by atomic mass is 35.5. The minimum Gasteiger partial charge on any atom is -0.508 e. The summed E-state index contributed by atoms with van der Waals surface area (Å²) in [5.41, 5.74) is 0.0923. The molecule has 1 amide bonds. The van der Waals surface area contributed by atoms with E-state index in [9.17, 15) is 15.0 Å². The Hall–Kier alpha value is -1.42. The minimum absolute atomic E-state index is 0.0111. The highest BCUT2D eigenvalue weighted by Crippen LogP contribution is 2.23. The number of aromatic hydroxyl groups is 2.